The van der Waals surface area contributed by atoms with Crippen LogP contribution >= 0.6 is 0 Å². The molecule has 1 aromatic rings. The molecule has 0 fully saturated rings. The third-order valence-corrected chi connectivity index (χ3v) is 3.07. The lowest BCUT2D eigenvalue weighted by atomic mass is 9.76. The van der Waals surface area contributed by atoms with Crippen molar-refractivity contribution in [1.82, 2.24) is 0 Å². The number of ether oxygens (including phenoxy) is 3. The molecule has 1 rings (SSSR count). The first-order valence-corrected chi connectivity index (χ1v) is 7.41. The molecule has 0 aliphatic heterocycles. The molecule has 0 saturated carbocycles. The number of esters is 1. The van der Waals surface area contributed by atoms with E-state index in [1.54, 1.807) is 38.1 Å². The van der Waals surface area contributed by atoms with E-state index in [0.717, 1.165) is 0 Å². The summed E-state index contributed by atoms with van der Waals surface area (Å²) in [6.07, 6.45) is -0.786. The van der Waals surface area contributed by atoms with E-state index in [1.807, 2.05) is 20.8 Å². The van der Waals surface area contributed by atoms with E-state index >= 15 is 0 Å². The number of benzene rings is 1. The van der Waals surface area contributed by atoms with Gasteiger partial charge in [0.25, 0.3) is 0 Å². The Bertz CT molecular complexity index is 516. The van der Waals surface area contributed by atoms with Gasteiger partial charge >= 0.3 is 12.1 Å². The summed E-state index contributed by atoms with van der Waals surface area (Å²) in [6.45, 7) is 9.80. The smallest absolute Gasteiger partial charge is 0.466 e. The molecule has 1 aromatic carbocycles. The van der Waals surface area contributed by atoms with Crippen LogP contribution in [0.15, 0.2) is 24.3 Å². The summed E-state index contributed by atoms with van der Waals surface area (Å²) in [5, 5.41) is 0. The molecule has 5 nitrogen and oxygen atoms in total. The average Bonchev–Trinajstić information content (AvgIpc) is 2.40. The summed E-state index contributed by atoms with van der Waals surface area (Å²) >= 11 is 0. The van der Waals surface area contributed by atoms with Crippen LogP contribution in [0.2, 0.25) is 0 Å². The normalized spacial score (nSPS) is 12.4. The Labute approximate surface area is 131 Å². The predicted octanol–water partition coefficient (Wildman–Crippen LogP) is 3.91. The fourth-order valence-electron chi connectivity index (χ4n) is 2.22. The van der Waals surface area contributed by atoms with Crippen molar-refractivity contribution in [3.05, 3.63) is 29.8 Å². The van der Waals surface area contributed by atoms with E-state index in [9.17, 15) is 9.59 Å². The SMILES string of the molecule is CCOC(=O)Oc1ccccc1C(C(=O)OCC)C(C)(C)C. The van der Waals surface area contributed by atoms with Crippen LogP contribution in [0.4, 0.5) is 4.79 Å². The second-order valence-corrected chi connectivity index (χ2v) is 5.87. The molecule has 0 radical (unpaired) electrons. The first-order chi connectivity index (χ1) is 10.3. The van der Waals surface area contributed by atoms with Crippen LogP contribution in [0.3, 0.4) is 0 Å². The lowest BCUT2D eigenvalue weighted by molar-refractivity contribution is -0.147. The van der Waals surface area contributed by atoms with Gasteiger partial charge in [0.2, 0.25) is 0 Å². The molecular weight excluding hydrogens is 284 g/mol. The Morgan fingerprint density at radius 1 is 1.05 bits per heavy atom. The third kappa shape index (κ3) is 4.76. The lowest BCUT2D eigenvalue weighted by Gasteiger charge is -2.30. The summed E-state index contributed by atoms with van der Waals surface area (Å²) in [6, 6.07) is 6.94. The fourth-order valence-corrected chi connectivity index (χ4v) is 2.22. The van der Waals surface area contributed by atoms with Gasteiger partial charge in [-0.1, -0.05) is 39.0 Å². The zero-order valence-corrected chi connectivity index (χ0v) is 13.8. The van der Waals surface area contributed by atoms with Gasteiger partial charge in [-0.25, -0.2) is 4.79 Å². The molecule has 1 unspecified atom stereocenters. The molecule has 0 bridgehead atoms. The highest BCUT2D eigenvalue weighted by Crippen LogP contribution is 2.40. The first kappa shape index (κ1) is 18.0. The maximum atomic E-state index is 12.4. The highest BCUT2D eigenvalue weighted by atomic mass is 16.7. The Hall–Kier alpha value is -2.04. The lowest BCUT2D eigenvalue weighted by Crippen LogP contribution is -2.29. The second kappa shape index (κ2) is 7.82. The van der Waals surface area contributed by atoms with Gasteiger partial charge in [0.05, 0.1) is 19.1 Å². The summed E-state index contributed by atoms with van der Waals surface area (Å²) in [7, 11) is 0. The number of rotatable bonds is 5. The highest BCUT2D eigenvalue weighted by molar-refractivity contribution is 5.80. The zero-order chi connectivity index (χ0) is 16.8. The standard InChI is InChI=1S/C17H24O5/c1-6-20-15(18)14(17(3,4)5)12-10-8-9-11-13(12)22-16(19)21-7-2/h8-11,14H,6-7H2,1-5H3. The maximum Gasteiger partial charge on any atom is 0.513 e. The van der Waals surface area contributed by atoms with Crippen LogP contribution in [0.25, 0.3) is 0 Å². The zero-order valence-electron chi connectivity index (χ0n) is 13.8. The maximum absolute atomic E-state index is 12.4. The highest BCUT2D eigenvalue weighted by Gasteiger charge is 2.36. The Morgan fingerprint density at radius 2 is 1.64 bits per heavy atom. The fraction of sp³-hybridized carbons (Fsp3) is 0.529. The van der Waals surface area contributed by atoms with Gasteiger partial charge in [-0.15, -0.1) is 0 Å². The summed E-state index contributed by atoms with van der Waals surface area (Å²) < 4.78 is 15.2. The van der Waals surface area contributed by atoms with Gasteiger partial charge in [-0.3, -0.25) is 4.79 Å². The molecule has 0 aromatic heterocycles. The molecular formula is C17H24O5. The van der Waals surface area contributed by atoms with Crippen LogP contribution in [-0.4, -0.2) is 25.3 Å². The molecule has 122 valence electrons. The predicted molar refractivity (Wildman–Crippen MR) is 82.9 cm³/mol. The molecule has 0 heterocycles. The molecule has 0 aliphatic carbocycles. The third-order valence-electron chi connectivity index (χ3n) is 3.07. The topological polar surface area (TPSA) is 61.8 Å². The number of carbonyl (C=O) groups excluding carboxylic acids is 2. The van der Waals surface area contributed by atoms with Gasteiger partial charge in [0.1, 0.15) is 5.75 Å². The Morgan fingerprint density at radius 3 is 2.18 bits per heavy atom. The van der Waals surface area contributed by atoms with Crippen molar-refractivity contribution >= 4 is 12.1 Å². The number of carbonyl (C=O) groups is 2. The van der Waals surface area contributed by atoms with Crippen LogP contribution < -0.4 is 4.74 Å². The van der Waals surface area contributed by atoms with Crippen molar-refractivity contribution in [3.63, 3.8) is 0 Å². The van der Waals surface area contributed by atoms with E-state index in [2.05, 4.69) is 0 Å². The van der Waals surface area contributed by atoms with Crippen molar-refractivity contribution in [2.75, 3.05) is 13.2 Å². The van der Waals surface area contributed by atoms with Gasteiger partial charge in [0, 0.05) is 5.56 Å². The van der Waals surface area contributed by atoms with E-state index in [4.69, 9.17) is 14.2 Å². The molecule has 5 heteroatoms. The number of hydrogen-bond donors (Lipinski definition) is 0. The van der Waals surface area contributed by atoms with Crippen LogP contribution in [0.1, 0.15) is 46.1 Å². The van der Waals surface area contributed by atoms with Crippen molar-refractivity contribution in [2.45, 2.75) is 40.5 Å². The summed E-state index contributed by atoms with van der Waals surface area (Å²) in [5.41, 5.74) is 0.224. The van der Waals surface area contributed by atoms with Crippen LogP contribution in [0.5, 0.6) is 5.75 Å². The molecule has 0 saturated heterocycles. The molecule has 0 N–H and O–H groups in total. The van der Waals surface area contributed by atoms with Crippen LogP contribution in [-0.2, 0) is 14.3 Å². The van der Waals surface area contributed by atoms with E-state index < -0.39 is 12.1 Å². The van der Waals surface area contributed by atoms with Crippen molar-refractivity contribution in [3.8, 4) is 5.75 Å². The van der Waals surface area contributed by atoms with Gasteiger partial charge in [-0.05, 0) is 25.3 Å². The minimum absolute atomic E-state index is 0.224. The molecule has 22 heavy (non-hydrogen) atoms. The monoisotopic (exact) mass is 308 g/mol. The largest absolute Gasteiger partial charge is 0.513 e. The van der Waals surface area contributed by atoms with Gasteiger partial charge in [0.15, 0.2) is 0 Å². The van der Waals surface area contributed by atoms with Crippen molar-refractivity contribution in [1.29, 1.82) is 0 Å². The number of para-hydroxylation sites is 1. The molecule has 0 aliphatic rings. The molecule has 0 amide bonds. The second-order valence-electron chi connectivity index (χ2n) is 5.87. The van der Waals surface area contributed by atoms with Gasteiger partial charge < -0.3 is 14.2 Å². The quantitative estimate of drug-likeness (QED) is 0.609. The van der Waals surface area contributed by atoms with Crippen molar-refractivity contribution < 1.29 is 23.8 Å². The molecule has 0 spiro atoms. The van der Waals surface area contributed by atoms with Gasteiger partial charge in [-0.2, -0.15) is 0 Å². The first-order valence-electron chi connectivity index (χ1n) is 7.41. The molecule has 1 atom stereocenters. The minimum atomic E-state index is -0.786. The van der Waals surface area contributed by atoms with Crippen molar-refractivity contribution in [2.24, 2.45) is 5.41 Å². The Balaban J connectivity index is 3.20. The summed E-state index contributed by atoms with van der Waals surface area (Å²) in [4.78, 5) is 23.9. The summed E-state index contributed by atoms with van der Waals surface area (Å²) in [5.74, 6) is -0.568. The van der Waals surface area contributed by atoms with E-state index in [-0.39, 0.29) is 18.0 Å². The number of hydrogen-bond acceptors (Lipinski definition) is 5. The van der Waals surface area contributed by atoms with E-state index in [0.29, 0.717) is 17.9 Å². The van der Waals surface area contributed by atoms with Crippen LogP contribution in [0, 0.1) is 5.41 Å². The average molecular weight is 308 g/mol. The Kier molecular flexibility index (Phi) is 6.40. The minimum Gasteiger partial charge on any atom is -0.466 e. The van der Waals surface area contributed by atoms with E-state index in [1.165, 1.54) is 0 Å².